The summed E-state index contributed by atoms with van der Waals surface area (Å²) < 4.78 is 1.43. The summed E-state index contributed by atoms with van der Waals surface area (Å²) in [5.41, 5.74) is 0. The van der Waals surface area contributed by atoms with E-state index in [-0.39, 0.29) is 0 Å². The van der Waals surface area contributed by atoms with Crippen LogP contribution in [0.5, 0.6) is 0 Å². The fourth-order valence-electron chi connectivity index (χ4n) is 1.66. The van der Waals surface area contributed by atoms with E-state index in [1.165, 1.54) is 10.3 Å². The molecule has 16 heavy (non-hydrogen) atoms. The quantitative estimate of drug-likeness (QED) is 0.639. The summed E-state index contributed by atoms with van der Waals surface area (Å²) in [5, 5.41) is 3.38. The van der Waals surface area contributed by atoms with Gasteiger partial charge in [-0.2, -0.15) is 0 Å². The van der Waals surface area contributed by atoms with Gasteiger partial charge >= 0.3 is 103 Å². The van der Waals surface area contributed by atoms with Gasteiger partial charge in [-0.05, 0) is 0 Å². The number of rotatable bonds is 5. The van der Waals surface area contributed by atoms with Gasteiger partial charge in [-0.3, -0.25) is 0 Å². The van der Waals surface area contributed by atoms with Crippen LogP contribution in [0.2, 0.25) is 4.82 Å². The predicted molar refractivity (Wildman–Crippen MR) is 70.7 cm³/mol. The number of nitrogens with zero attached hydrogens (tertiary/aromatic N) is 1. The fraction of sp³-hybridized carbons (Fsp3) is 0.308. The zero-order chi connectivity index (χ0) is 11.2. The van der Waals surface area contributed by atoms with E-state index in [9.17, 15) is 0 Å². The van der Waals surface area contributed by atoms with Crippen LogP contribution in [-0.2, 0) is 0 Å². The van der Waals surface area contributed by atoms with Gasteiger partial charge in [0.2, 0.25) is 0 Å². The molecule has 1 heterocycles. The molecule has 1 aliphatic heterocycles. The first-order chi connectivity index (χ1) is 7.90. The topological polar surface area (TPSA) is 24.4 Å². The van der Waals surface area contributed by atoms with Crippen LogP contribution < -0.4 is 9.78 Å². The molecule has 0 fully saturated rings. The second-order valence-electron chi connectivity index (χ2n) is 3.64. The Balaban J connectivity index is 2.05. The van der Waals surface area contributed by atoms with Gasteiger partial charge in [-0.1, -0.05) is 0 Å². The van der Waals surface area contributed by atoms with Gasteiger partial charge in [0.1, 0.15) is 0 Å². The van der Waals surface area contributed by atoms with Crippen LogP contribution in [-0.4, -0.2) is 33.9 Å². The summed E-state index contributed by atoms with van der Waals surface area (Å²) in [6.45, 7) is 5.76. The average molecular weight is 279 g/mol. The molecule has 0 radical (unpaired) electrons. The van der Waals surface area contributed by atoms with Crippen molar-refractivity contribution in [2.24, 2.45) is 4.99 Å². The first-order valence-corrected chi connectivity index (χ1v) is 7.35. The van der Waals surface area contributed by atoms with Gasteiger partial charge in [-0.25, -0.2) is 0 Å². The number of nitrogens with one attached hydrogen (secondary N) is 1. The second-order valence-corrected chi connectivity index (χ2v) is 6.32. The minimum absolute atomic E-state index is 0.436. The molecule has 1 aliphatic rings. The first kappa shape index (κ1) is 11.4. The molecule has 0 amide bonds. The standard InChI is InChI=1S/C13H16N2Se/c1-2-6-12(13-14-9-10-15-13)16-11-7-4-3-5-8-11/h2-5,7-8,12H,1,6,9-10H2,(H,14,15). The molecule has 2 nitrogen and oxygen atoms in total. The number of aliphatic imine (C=N–C) groups is 1. The third-order valence-electron chi connectivity index (χ3n) is 2.41. The van der Waals surface area contributed by atoms with Crippen molar-refractivity contribution in [3.8, 4) is 0 Å². The van der Waals surface area contributed by atoms with Crippen LogP contribution in [0.15, 0.2) is 48.0 Å². The fourth-order valence-corrected chi connectivity index (χ4v) is 4.06. The van der Waals surface area contributed by atoms with Crippen molar-refractivity contribution in [3.63, 3.8) is 0 Å². The molecule has 0 bridgehead atoms. The van der Waals surface area contributed by atoms with Crippen LogP contribution in [0.4, 0.5) is 0 Å². The molecular weight excluding hydrogens is 263 g/mol. The van der Waals surface area contributed by atoms with Gasteiger partial charge < -0.3 is 0 Å². The number of benzene rings is 1. The number of hydrogen-bond acceptors (Lipinski definition) is 2. The summed E-state index contributed by atoms with van der Waals surface area (Å²) >= 11 is 0.436. The van der Waals surface area contributed by atoms with Crippen molar-refractivity contribution in [2.45, 2.75) is 11.2 Å². The molecule has 0 aromatic heterocycles. The first-order valence-electron chi connectivity index (χ1n) is 5.51. The van der Waals surface area contributed by atoms with Crippen LogP contribution in [0.3, 0.4) is 0 Å². The monoisotopic (exact) mass is 280 g/mol. The van der Waals surface area contributed by atoms with E-state index in [2.05, 4.69) is 47.2 Å². The average Bonchev–Trinajstić information content (AvgIpc) is 2.83. The Kier molecular flexibility index (Phi) is 4.20. The van der Waals surface area contributed by atoms with Gasteiger partial charge in [0, 0.05) is 0 Å². The minimum atomic E-state index is 0.436. The molecule has 0 spiro atoms. The van der Waals surface area contributed by atoms with E-state index in [1.54, 1.807) is 0 Å². The molecule has 1 atom stereocenters. The Morgan fingerprint density at radius 2 is 2.25 bits per heavy atom. The molecule has 1 aromatic carbocycles. The van der Waals surface area contributed by atoms with E-state index in [0.717, 1.165) is 19.5 Å². The normalized spacial score (nSPS) is 16.4. The van der Waals surface area contributed by atoms with Gasteiger partial charge in [0.25, 0.3) is 0 Å². The van der Waals surface area contributed by atoms with Crippen molar-refractivity contribution < 1.29 is 0 Å². The molecule has 1 unspecified atom stereocenters. The third kappa shape index (κ3) is 2.97. The van der Waals surface area contributed by atoms with Gasteiger partial charge in [0.05, 0.1) is 0 Å². The maximum absolute atomic E-state index is 4.52. The molecule has 1 N–H and O–H groups in total. The zero-order valence-electron chi connectivity index (χ0n) is 9.23. The number of amidine groups is 1. The van der Waals surface area contributed by atoms with Crippen LogP contribution in [0.1, 0.15) is 6.42 Å². The zero-order valence-corrected chi connectivity index (χ0v) is 10.9. The predicted octanol–water partition coefficient (Wildman–Crippen LogP) is 1.38. The molecule has 0 aliphatic carbocycles. The Bertz CT molecular complexity index is 373. The van der Waals surface area contributed by atoms with Crippen LogP contribution >= 0.6 is 0 Å². The maximum atomic E-state index is 4.52. The van der Waals surface area contributed by atoms with E-state index >= 15 is 0 Å². The summed E-state index contributed by atoms with van der Waals surface area (Å²) in [6, 6.07) is 10.7. The van der Waals surface area contributed by atoms with E-state index in [0.29, 0.717) is 19.8 Å². The Labute approximate surface area is 103 Å². The molecule has 0 saturated carbocycles. The van der Waals surface area contributed by atoms with Gasteiger partial charge in [0.15, 0.2) is 0 Å². The van der Waals surface area contributed by atoms with Crippen LogP contribution in [0, 0.1) is 0 Å². The van der Waals surface area contributed by atoms with Crippen molar-refractivity contribution in [3.05, 3.63) is 43.0 Å². The molecular formula is C13H16N2Se. The van der Waals surface area contributed by atoms with Crippen molar-refractivity contribution in [1.82, 2.24) is 5.32 Å². The molecule has 2 rings (SSSR count). The molecule has 0 saturated heterocycles. The number of allylic oxidation sites excluding steroid dienone is 1. The van der Waals surface area contributed by atoms with E-state index in [4.69, 9.17) is 0 Å². The van der Waals surface area contributed by atoms with E-state index in [1.807, 2.05) is 6.08 Å². The summed E-state index contributed by atoms with van der Waals surface area (Å²) in [6.07, 6.45) is 3.01. The Hall–Kier alpha value is -1.05. The summed E-state index contributed by atoms with van der Waals surface area (Å²) in [4.78, 5) is 5.05. The van der Waals surface area contributed by atoms with Crippen LogP contribution in [0.25, 0.3) is 0 Å². The van der Waals surface area contributed by atoms with Crippen molar-refractivity contribution in [2.75, 3.05) is 13.1 Å². The van der Waals surface area contributed by atoms with Crippen molar-refractivity contribution >= 4 is 25.3 Å². The van der Waals surface area contributed by atoms with Gasteiger partial charge in [-0.15, -0.1) is 0 Å². The molecule has 84 valence electrons. The Morgan fingerprint density at radius 3 is 2.88 bits per heavy atom. The Morgan fingerprint density at radius 1 is 1.44 bits per heavy atom. The molecule has 1 aromatic rings. The summed E-state index contributed by atoms with van der Waals surface area (Å²) in [5.74, 6) is 1.18. The number of hydrogen-bond donors (Lipinski definition) is 1. The third-order valence-corrected chi connectivity index (χ3v) is 5.02. The van der Waals surface area contributed by atoms with Crippen molar-refractivity contribution in [1.29, 1.82) is 0 Å². The van der Waals surface area contributed by atoms with E-state index < -0.39 is 0 Å². The summed E-state index contributed by atoms with van der Waals surface area (Å²) in [7, 11) is 0. The molecule has 3 heteroatoms. The second kappa shape index (κ2) is 5.88. The SMILES string of the molecule is C=CCC([Se]c1ccccc1)C1=NCCN1.